The lowest BCUT2D eigenvalue weighted by Crippen LogP contribution is -2.26. The molecule has 0 spiro atoms. The third kappa shape index (κ3) is 4.40. The highest BCUT2D eigenvalue weighted by Crippen LogP contribution is 2.44. The summed E-state index contributed by atoms with van der Waals surface area (Å²) in [5.74, 6) is 6.42. The number of carbonyl (C=O) groups is 2. The molecule has 164 valence electrons. The minimum absolute atomic E-state index is 0.0506. The molecule has 0 radical (unpaired) electrons. The van der Waals surface area contributed by atoms with Crippen LogP contribution in [0.3, 0.4) is 0 Å². The standard InChI is InChI=1S/C29H25NO3/c31-28-14-7-9-21-16-15-20(18-26(21)28)8-5-6-17-30-29(32)33-19-27-24-12-3-1-10-22(24)23-11-2-4-13-25(23)27/h1-4,10-13,15-16,18,27H,6-7,9,14,17,19H2,(H,30,32). The number of amides is 1. The number of Topliss-reactive ketones (excluding diaryl/α,β-unsaturated/α-hetero) is 1. The fourth-order valence-electron chi connectivity index (χ4n) is 4.75. The first kappa shape index (κ1) is 21.0. The molecule has 0 unspecified atom stereocenters. The van der Waals surface area contributed by atoms with Gasteiger partial charge in [-0.05, 0) is 52.8 Å². The predicted molar refractivity (Wildman–Crippen MR) is 128 cm³/mol. The van der Waals surface area contributed by atoms with E-state index >= 15 is 0 Å². The molecular formula is C29H25NO3. The maximum atomic E-state index is 12.2. The van der Waals surface area contributed by atoms with Crippen LogP contribution in [0.2, 0.25) is 0 Å². The van der Waals surface area contributed by atoms with Crippen molar-refractivity contribution >= 4 is 11.9 Å². The normalized spacial score (nSPS) is 13.9. The molecule has 0 atom stereocenters. The summed E-state index contributed by atoms with van der Waals surface area (Å²) in [5.41, 5.74) is 7.58. The van der Waals surface area contributed by atoms with Crippen molar-refractivity contribution in [2.75, 3.05) is 13.2 Å². The van der Waals surface area contributed by atoms with E-state index in [0.29, 0.717) is 26.0 Å². The van der Waals surface area contributed by atoms with Crippen LogP contribution in [0.5, 0.6) is 0 Å². The molecule has 5 rings (SSSR count). The molecule has 1 N–H and O–H groups in total. The zero-order valence-corrected chi connectivity index (χ0v) is 18.4. The molecular weight excluding hydrogens is 410 g/mol. The van der Waals surface area contributed by atoms with Gasteiger partial charge in [-0.25, -0.2) is 4.79 Å². The highest BCUT2D eigenvalue weighted by Gasteiger charge is 2.28. The van der Waals surface area contributed by atoms with E-state index in [1.165, 1.54) is 22.3 Å². The number of rotatable bonds is 4. The Hall–Kier alpha value is -3.84. The Balaban J connectivity index is 1.13. The zero-order chi connectivity index (χ0) is 22.6. The van der Waals surface area contributed by atoms with Crippen LogP contribution in [-0.2, 0) is 11.2 Å². The number of hydrogen-bond donors (Lipinski definition) is 1. The van der Waals surface area contributed by atoms with Gasteiger partial charge in [-0.15, -0.1) is 0 Å². The van der Waals surface area contributed by atoms with Crippen molar-refractivity contribution in [3.05, 3.63) is 94.5 Å². The smallest absolute Gasteiger partial charge is 0.407 e. The third-order valence-electron chi connectivity index (χ3n) is 6.36. The Kier molecular flexibility index (Phi) is 5.95. The van der Waals surface area contributed by atoms with Crippen molar-refractivity contribution in [2.45, 2.75) is 31.6 Å². The number of aryl methyl sites for hydroxylation is 1. The van der Waals surface area contributed by atoms with E-state index in [2.05, 4.69) is 41.4 Å². The van der Waals surface area contributed by atoms with Crippen LogP contribution in [-0.4, -0.2) is 25.0 Å². The van der Waals surface area contributed by atoms with Gasteiger partial charge in [-0.1, -0.05) is 66.4 Å². The molecule has 0 saturated carbocycles. The molecule has 4 heteroatoms. The molecule has 0 saturated heterocycles. The van der Waals surface area contributed by atoms with Gasteiger partial charge in [-0.3, -0.25) is 4.79 Å². The molecule has 3 aromatic rings. The average Bonchev–Trinajstić information content (AvgIpc) is 3.17. The SMILES string of the molecule is O=C(NCCC#Cc1ccc2c(c1)C(=O)CCC2)OCC1c2ccccc2-c2ccccc21. The Morgan fingerprint density at radius 2 is 1.67 bits per heavy atom. The van der Waals surface area contributed by atoms with Crippen molar-refractivity contribution in [3.8, 4) is 23.0 Å². The maximum Gasteiger partial charge on any atom is 0.407 e. The quantitative estimate of drug-likeness (QED) is 0.436. The lowest BCUT2D eigenvalue weighted by atomic mass is 9.89. The van der Waals surface area contributed by atoms with Crippen molar-refractivity contribution in [3.63, 3.8) is 0 Å². The molecule has 2 aliphatic rings. The summed E-state index contributed by atoms with van der Waals surface area (Å²) in [4.78, 5) is 24.3. The van der Waals surface area contributed by atoms with Gasteiger partial charge < -0.3 is 10.1 Å². The largest absolute Gasteiger partial charge is 0.449 e. The number of fused-ring (bicyclic) bond motifs is 4. The number of benzene rings is 3. The lowest BCUT2D eigenvalue weighted by Gasteiger charge is -2.14. The molecule has 0 bridgehead atoms. The van der Waals surface area contributed by atoms with Crippen molar-refractivity contribution in [2.24, 2.45) is 0 Å². The van der Waals surface area contributed by atoms with Crippen molar-refractivity contribution in [1.29, 1.82) is 0 Å². The summed E-state index contributed by atoms with van der Waals surface area (Å²) in [5, 5.41) is 2.78. The number of nitrogens with one attached hydrogen (secondary N) is 1. The number of ketones is 1. The first-order valence-corrected chi connectivity index (χ1v) is 11.4. The second-order valence-electron chi connectivity index (χ2n) is 8.45. The minimum Gasteiger partial charge on any atom is -0.449 e. The molecule has 1 amide bonds. The van der Waals surface area contributed by atoms with E-state index in [4.69, 9.17) is 4.74 Å². The highest BCUT2D eigenvalue weighted by atomic mass is 16.5. The van der Waals surface area contributed by atoms with E-state index < -0.39 is 6.09 Å². The topological polar surface area (TPSA) is 55.4 Å². The fourth-order valence-corrected chi connectivity index (χ4v) is 4.75. The van der Waals surface area contributed by atoms with E-state index in [1.807, 2.05) is 42.5 Å². The van der Waals surface area contributed by atoms with E-state index in [0.717, 1.165) is 29.5 Å². The molecule has 0 aliphatic heterocycles. The Bertz CT molecular complexity index is 1240. The Morgan fingerprint density at radius 3 is 2.42 bits per heavy atom. The summed E-state index contributed by atoms with van der Waals surface area (Å²) in [6, 6.07) is 22.4. The third-order valence-corrected chi connectivity index (χ3v) is 6.36. The summed E-state index contributed by atoms with van der Waals surface area (Å²) >= 11 is 0. The van der Waals surface area contributed by atoms with Gasteiger partial charge in [0, 0.05) is 36.4 Å². The van der Waals surface area contributed by atoms with Gasteiger partial charge in [0.05, 0.1) is 0 Å². The van der Waals surface area contributed by atoms with Crippen LogP contribution in [0.4, 0.5) is 4.79 Å². The summed E-state index contributed by atoms with van der Waals surface area (Å²) in [6.45, 7) is 0.711. The van der Waals surface area contributed by atoms with Crippen molar-refractivity contribution < 1.29 is 14.3 Å². The second-order valence-corrected chi connectivity index (χ2v) is 8.45. The fraction of sp³-hybridized carbons (Fsp3) is 0.241. The Morgan fingerprint density at radius 1 is 0.939 bits per heavy atom. The van der Waals surface area contributed by atoms with Gasteiger partial charge in [0.25, 0.3) is 0 Å². The van der Waals surface area contributed by atoms with Crippen LogP contribution in [0.1, 0.15) is 57.8 Å². The molecule has 33 heavy (non-hydrogen) atoms. The second kappa shape index (κ2) is 9.34. The van der Waals surface area contributed by atoms with Crippen LogP contribution < -0.4 is 5.32 Å². The molecule has 0 fully saturated rings. The zero-order valence-electron chi connectivity index (χ0n) is 18.4. The number of alkyl carbamates (subject to hydrolysis) is 1. The van der Waals surface area contributed by atoms with Gasteiger partial charge in [0.1, 0.15) is 6.61 Å². The molecule has 3 aromatic carbocycles. The average molecular weight is 436 g/mol. The van der Waals surface area contributed by atoms with E-state index in [9.17, 15) is 9.59 Å². The molecule has 2 aliphatic carbocycles. The number of ether oxygens (including phenoxy) is 1. The van der Waals surface area contributed by atoms with Gasteiger partial charge in [0.15, 0.2) is 5.78 Å². The van der Waals surface area contributed by atoms with Crippen LogP contribution in [0, 0.1) is 11.8 Å². The highest BCUT2D eigenvalue weighted by molar-refractivity contribution is 5.98. The first-order valence-electron chi connectivity index (χ1n) is 11.4. The van der Waals surface area contributed by atoms with Gasteiger partial charge in [0.2, 0.25) is 0 Å². The summed E-state index contributed by atoms with van der Waals surface area (Å²) in [6.07, 6.45) is 2.58. The van der Waals surface area contributed by atoms with Gasteiger partial charge >= 0.3 is 6.09 Å². The van der Waals surface area contributed by atoms with Crippen molar-refractivity contribution in [1.82, 2.24) is 5.32 Å². The number of carbonyl (C=O) groups excluding carboxylic acids is 2. The minimum atomic E-state index is -0.432. The summed E-state index contributed by atoms with van der Waals surface area (Å²) < 4.78 is 5.54. The van der Waals surface area contributed by atoms with Crippen LogP contribution >= 0.6 is 0 Å². The summed E-state index contributed by atoms with van der Waals surface area (Å²) in [7, 11) is 0. The number of hydrogen-bond acceptors (Lipinski definition) is 3. The predicted octanol–water partition coefficient (Wildman–Crippen LogP) is 5.49. The van der Waals surface area contributed by atoms with E-state index in [-0.39, 0.29) is 11.7 Å². The molecule has 0 aromatic heterocycles. The monoisotopic (exact) mass is 435 g/mol. The van der Waals surface area contributed by atoms with Crippen LogP contribution in [0.25, 0.3) is 11.1 Å². The Labute approximate surface area is 194 Å². The van der Waals surface area contributed by atoms with E-state index in [1.54, 1.807) is 0 Å². The van der Waals surface area contributed by atoms with Crippen LogP contribution in [0.15, 0.2) is 66.7 Å². The lowest BCUT2D eigenvalue weighted by molar-refractivity contribution is 0.0972. The molecule has 0 heterocycles. The first-order chi connectivity index (χ1) is 16.2. The molecule has 4 nitrogen and oxygen atoms in total. The maximum absolute atomic E-state index is 12.2. The van der Waals surface area contributed by atoms with Gasteiger partial charge in [-0.2, -0.15) is 0 Å².